The second kappa shape index (κ2) is 7.28. The number of aliphatic hydroxyl groups is 1. The first-order chi connectivity index (χ1) is 12.4. The second-order valence-electron chi connectivity index (χ2n) is 6.82. The van der Waals surface area contributed by atoms with E-state index in [0.717, 1.165) is 24.6 Å². The zero-order valence-electron chi connectivity index (χ0n) is 15.4. The van der Waals surface area contributed by atoms with Crippen LogP contribution in [0.1, 0.15) is 23.2 Å². The first-order valence-electron chi connectivity index (χ1n) is 8.61. The highest BCUT2D eigenvalue weighted by Gasteiger charge is 2.36. The molecule has 3 rings (SSSR count). The van der Waals surface area contributed by atoms with Crippen molar-refractivity contribution >= 4 is 17.5 Å². The minimum Gasteiger partial charge on any atom is -0.386 e. The van der Waals surface area contributed by atoms with Crippen molar-refractivity contribution < 1.29 is 9.90 Å². The smallest absolute Gasteiger partial charge is 0.256 e. The van der Waals surface area contributed by atoms with E-state index in [1.807, 2.05) is 11.0 Å². The van der Waals surface area contributed by atoms with E-state index in [9.17, 15) is 9.90 Å². The molecule has 0 saturated carbocycles. The van der Waals surface area contributed by atoms with E-state index in [1.54, 1.807) is 36.9 Å². The maximum atomic E-state index is 12.5. The Bertz CT molecular complexity index is 778. The number of nitrogens with one attached hydrogen (secondary N) is 1. The largest absolute Gasteiger partial charge is 0.386 e. The molecule has 0 spiro atoms. The third-order valence-electron chi connectivity index (χ3n) is 4.62. The third-order valence-corrected chi connectivity index (χ3v) is 4.62. The van der Waals surface area contributed by atoms with Crippen molar-refractivity contribution in [1.82, 2.24) is 24.6 Å². The highest BCUT2D eigenvalue weighted by Crippen LogP contribution is 2.26. The van der Waals surface area contributed by atoms with Crippen LogP contribution in [0.4, 0.5) is 11.6 Å². The van der Waals surface area contributed by atoms with Crippen LogP contribution < -0.4 is 10.2 Å². The zero-order valence-corrected chi connectivity index (χ0v) is 15.4. The molecule has 9 heteroatoms. The quantitative estimate of drug-likeness (QED) is 0.795. The van der Waals surface area contributed by atoms with Gasteiger partial charge in [-0.3, -0.25) is 9.48 Å². The van der Waals surface area contributed by atoms with Crippen molar-refractivity contribution in [3.8, 4) is 0 Å². The molecule has 1 fully saturated rings. The molecule has 1 atom stereocenters. The fourth-order valence-electron chi connectivity index (χ4n) is 3.36. The van der Waals surface area contributed by atoms with Crippen LogP contribution in [0.3, 0.4) is 0 Å². The fraction of sp³-hybridized carbons (Fsp3) is 0.529. The van der Waals surface area contributed by atoms with Gasteiger partial charge in [-0.1, -0.05) is 0 Å². The van der Waals surface area contributed by atoms with Crippen LogP contribution in [0, 0.1) is 0 Å². The van der Waals surface area contributed by atoms with Crippen LogP contribution >= 0.6 is 0 Å². The molecule has 0 unspecified atom stereocenters. The van der Waals surface area contributed by atoms with Gasteiger partial charge in [-0.05, 0) is 12.8 Å². The van der Waals surface area contributed by atoms with Crippen molar-refractivity contribution in [3.05, 3.63) is 30.4 Å². The normalized spacial score (nSPS) is 20.1. The van der Waals surface area contributed by atoms with E-state index in [-0.39, 0.29) is 12.5 Å². The number of carbonyl (C=O) groups excluding carboxylic acids is 1. The Kier molecular flexibility index (Phi) is 5.08. The molecule has 2 aromatic heterocycles. The molecular weight excluding hydrogens is 334 g/mol. The van der Waals surface area contributed by atoms with E-state index in [0.29, 0.717) is 18.5 Å². The average molecular weight is 359 g/mol. The molecule has 2 N–H and O–H groups in total. The van der Waals surface area contributed by atoms with E-state index in [1.165, 1.54) is 12.5 Å². The number of likely N-dealkylation sites (N-methyl/N-ethyl adjacent to an activating group) is 1. The number of β-amino-alcohol motifs (C(OH)–C–C–N with tert-alkyl or cyclic N) is 1. The van der Waals surface area contributed by atoms with Crippen molar-refractivity contribution in [1.29, 1.82) is 0 Å². The number of nitrogens with zero attached hydrogens (tertiary/aromatic N) is 6. The molecule has 9 nitrogen and oxygen atoms in total. The molecule has 1 aliphatic heterocycles. The Hall–Kier alpha value is -2.68. The van der Waals surface area contributed by atoms with Crippen molar-refractivity contribution in [3.63, 3.8) is 0 Å². The first-order valence-corrected chi connectivity index (χ1v) is 8.61. The molecule has 140 valence electrons. The topological polar surface area (TPSA) is 99.4 Å². The second-order valence-corrected chi connectivity index (χ2v) is 6.82. The fourth-order valence-corrected chi connectivity index (χ4v) is 3.36. The van der Waals surface area contributed by atoms with Gasteiger partial charge in [-0.25, -0.2) is 9.97 Å². The summed E-state index contributed by atoms with van der Waals surface area (Å²) >= 11 is 0. The van der Waals surface area contributed by atoms with Crippen LogP contribution in [-0.4, -0.2) is 75.0 Å². The molecule has 0 radical (unpaired) electrons. The van der Waals surface area contributed by atoms with Crippen molar-refractivity contribution in [2.24, 2.45) is 7.05 Å². The molecule has 0 bridgehead atoms. The van der Waals surface area contributed by atoms with Gasteiger partial charge < -0.3 is 20.2 Å². The lowest BCUT2D eigenvalue weighted by atomic mass is 9.92. The first kappa shape index (κ1) is 18.1. The number of carbonyl (C=O) groups is 1. The summed E-state index contributed by atoms with van der Waals surface area (Å²) < 4.78 is 1.59. The van der Waals surface area contributed by atoms with E-state index in [4.69, 9.17) is 0 Å². The minimum absolute atomic E-state index is 0.150. The van der Waals surface area contributed by atoms with Crippen molar-refractivity contribution in [2.45, 2.75) is 18.4 Å². The van der Waals surface area contributed by atoms with Crippen LogP contribution in [0.15, 0.2) is 24.8 Å². The number of aryl methyl sites for hydroxylation is 1. The van der Waals surface area contributed by atoms with Crippen LogP contribution in [0.25, 0.3) is 0 Å². The summed E-state index contributed by atoms with van der Waals surface area (Å²) in [6.07, 6.45) is 6.18. The Morgan fingerprint density at radius 3 is 2.96 bits per heavy atom. The molecule has 2 aromatic rings. The van der Waals surface area contributed by atoms with E-state index >= 15 is 0 Å². The molecule has 26 heavy (non-hydrogen) atoms. The molecule has 1 saturated heterocycles. The molecule has 0 aromatic carbocycles. The van der Waals surface area contributed by atoms with Crippen molar-refractivity contribution in [2.75, 3.05) is 43.9 Å². The van der Waals surface area contributed by atoms with Gasteiger partial charge in [-0.15, -0.1) is 0 Å². The van der Waals surface area contributed by atoms with Gasteiger partial charge in [0.25, 0.3) is 5.91 Å². The highest BCUT2D eigenvalue weighted by molar-refractivity contribution is 5.93. The molecule has 0 aliphatic carbocycles. The van der Waals surface area contributed by atoms with Gasteiger partial charge >= 0.3 is 0 Å². The number of piperidine rings is 1. The summed E-state index contributed by atoms with van der Waals surface area (Å²) in [7, 11) is 5.28. The minimum atomic E-state index is -0.990. The lowest BCUT2D eigenvalue weighted by Crippen LogP contribution is -2.54. The van der Waals surface area contributed by atoms with Crippen LogP contribution in [-0.2, 0) is 7.05 Å². The Labute approximate surface area is 152 Å². The summed E-state index contributed by atoms with van der Waals surface area (Å²) in [5.41, 5.74) is -0.476. The van der Waals surface area contributed by atoms with Crippen LogP contribution in [0.5, 0.6) is 0 Å². The van der Waals surface area contributed by atoms with Crippen LogP contribution in [0.2, 0.25) is 0 Å². The monoisotopic (exact) mass is 359 g/mol. The average Bonchev–Trinajstić information content (AvgIpc) is 3.07. The molecule has 1 aliphatic rings. The van der Waals surface area contributed by atoms with E-state index < -0.39 is 5.60 Å². The zero-order chi connectivity index (χ0) is 18.7. The maximum Gasteiger partial charge on any atom is 0.256 e. The summed E-state index contributed by atoms with van der Waals surface area (Å²) in [5.74, 6) is 1.35. The number of rotatable bonds is 5. The molecule has 1 amide bonds. The number of amides is 1. The third kappa shape index (κ3) is 3.93. The Morgan fingerprint density at radius 1 is 1.46 bits per heavy atom. The van der Waals surface area contributed by atoms with Gasteiger partial charge in [0.2, 0.25) is 0 Å². The van der Waals surface area contributed by atoms with Gasteiger partial charge in [0, 0.05) is 46.5 Å². The number of hydrogen-bond acceptors (Lipinski definition) is 7. The number of hydrogen-bond donors (Lipinski definition) is 2. The lowest BCUT2D eigenvalue weighted by molar-refractivity contribution is -0.000137. The predicted octanol–water partition coefficient (Wildman–Crippen LogP) is 0.355. The SMILES string of the molecule is CNc1cc(N2CCC[C@@](O)(CN(C)C(=O)c3cnn(C)c3)C2)ncn1. The van der Waals surface area contributed by atoms with Gasteiger partial charge in [0.1, 0.15) is 18.0 Å². The summed E-state index contributed by atoms with van der Waals surface area (Å²) in [6, 6.07) is 1.86. The standard InChI is InChI=1S/C17H25N7O2/c1-18-14-7-15(20-12-19-14)24-6-4-5-17(26,11-24)10-22(2)16(25)13-8-21-23(3)9-13/h7-9,12,26H,4-6,10-11H2,1-3H3,(H,18,19,20)/t17-/m1/s1. The Morgan fingerprint density at radius 2 is 2.27 bits per heavy atom. The molecule has 3 heterocycles. The summed E-state index contributed by atoms with van der Waals surface area (Å²) in [6.45, 7) is 1.47. The lowest BCUT2D eigenvalue weighted by Gasteiger charge is -2.41. The van der Waals surface area contributed by atoms with Gasteiger partial charge in [0.15, 0.2) is 0 Å². The predicted molar refractivity (Wildman–Crippen MR) is 98.1 cm³/mol. The van der Waals surface area contributed by atoms with Gasteiger partial charge in [0.05, 0.1) is 23.9 Å². The van der Waals surface area contributed by atoms with Gasteiger partial charge in [-0.2, -0.15) is 5.10 Å². The molecular formula is C17H25N7O2. The number of anilines is 2. The highest BCUT2D eigenvalue weighted by atomic mass is 16.3. The summed E-state index contributed by atoms with van der Waals surface area (Å²) in [4.78, 5) is 24.6. The summed E-state index contributed by atoms with van der Waals surface area (Å²) in [5, 5.41) is 18.1. The Balaban J connectivity index is 1.69. The maximum absolute atomic E-state index is 12.5. The number of aromatic nitrogens is 4. The van der Waals surface area contributed by atoms with E-state index in [2.05, 4.69) is 20.4 Å².